The van der Waals surface area contributed by atoms with E-state index in [1.165, 1.54) is 38.5 Å². The second-order valence-corrected chi connectivity index (χ2v) is 7.96. The van der Waals surface area contributed by atoms with Gasteiger partial charge in [0.1, 0.15) is 0 Å². The zero-order chi connectivity index (χ0) is 17.0. The summed E-state index contributed by atoms with van der Waals surface area (Å²) in [5.41, 5.74) is 0.502. The van der Waals surface area contributed by atoms with Crippen molar-refractivity contribution in [1.82, 2.24) is 15.1 Å². The van der Waals surface area contributed by atoms with Gasteiger partial charge in [-0.2, -0.15) is 0 Å². The highest BCUT2D eigenvalue weighted by Gasteiger charge is 2.34. The number of carbonyl (C=O) groups is 2. The molecule has 2 aliphatic heterocycles. The van der Waals surface area contributed by atoms with E-state index >= 15 is 0 Å². The summed E-state index contributed by atoms with van der Waals surface area (Å²) in [7, 11) is 0. The maximum Gasteiger partial charge on any atom is 0.230 e. The van der Waals surface area contributed by atoms with Crippen molar-refractivity contribution in [3.05, 3.63) is 0 Å². The van der Waals surface area contributed by atoms with Crippen molar-refractivity contribution >= 4 is 29.1 Å². The number of rotatable bonds is 3. The van der Waals surface area contributed by atoms with Gasteiger partial charge in [0, 0.05) is 39.0 Å². The van der Waals surface area contributed by atoms with Gasteiger partial charge in [0.05, 0.1) is 0 Å². The summed E-state index contributed by atoms with van der Waals surface area (Å²) in [6.07, 6.45) is 11.2. The summed E-state index contributed by atoms with van der Waals surface area (Å²) < 4.78 is 0. The largest absolute Gasteiger partial charge is 0.362 e. The lowest BCUT2D eigenvalue weighted by molar-refractivity contribution is -0.132. The number of likely N-dealkylation sites (tertiary alicyclic amines) is 1. The van der Waals surface area contributed by atoms with E-state index in [1.807, 2.05) is 4.90 Å². The van der Waals surface area contributed by atoms with Crippen molar-refractivity contribution in [2.24, 2.45) is 5.41 Å². The van der Waals surface area contributed by atoms with E-state index in [0.717, 1.165) is 25.9 Å². The predicted octanol–water partition coefficient (Wildman–Crippen LogP) is 2.45. The third kappa shape index (κ3) is 4.08. The van der Waals surface area contributed by atoms with Gasteiger partial charge in [-0.1, -0.05) is 19.3 Å². The Kier molecular flexibility index (Phi) is 5.74. The van der Waals surface area contributed by atoms with Crippen LogP contribution in [0.5, 0.6) is 0 Å². The highest BCUT2D eigenvalue weighted by molar-refractivity contribution is 7.80. The number of hydrogen-bond acceptors (Lipinski definition) is 3. The van der Waals surface area contributed by atoms with Crippen LogP contribution in [0.25, 0.3) is 0 Å². The van der Waals surface area contributed by atoms with Gasteiger partial charge in [-0.25, -0.2) is 0 Å². The number of nitrogens with one attached hydrogen (secondary N) is 1. The molecular formula is C18H29N3O2S. The smallest absolute Gasteiger partial charge is 0.230 e. The molecule has 1 saturated carbocycles. The second kappa shape index (κ2) is 7.81. The zero-order valence-corrected chi connectivity index (χ0v) is 15.3. The van der Waals surface area contributed by atoms with Crippen LogP contribution < -0.4 is 5.32 Å². The minimum absolute atomic E-state index is 0.0311. The Bertz CT molecular complexity index is 486. The van der Waals surface area contributed by atoms with Crippen molar-refractivity contribution in [3.63, 3.8) is 0 Å². The molecule has 1 aliphatic carbocycles. The Morgan fingerprint density at radius 1 is 1.08 bits per heavy atom. The topological polar surface area (TPSA) is 52.7 Å². The molecule has 0 radical (unpaired) electrons. The minimum atomic E-state index is 0.0311. The van der Waals surface area contributed by atoms with Gasteiger partial charge in [-0.15, -0.1) is 0 Å². The van der Waals surface area contributed by atoms with Crippen LogP contribution in [-0.2, 0) is 9.59 Å². The Balaban J connectivity index is 1.50. The first-order valence-electron chi connectivity index (χ1n) is 9.46. The van der Waals surface area contributed by atoms with Crippen molar-refractivity contribution < 1.29 is 9.59 Å². The molecule has 6 heteroatoms. The molecule has 134 valence electrons. The molecule has 0 aromatic heterocycles. The standard InChI is InChI=1S/C18H29N3O2S/c22-15(6-13-21-16(23)5-11-19-17(21)24)20-12-4-9-18(10-14-20)7-2-1-3-8-18/h1-14H2,(H,19,24). The Hall–Kier alpha value is -1.17. The van der Waals surface area contributed by atoms with Crippen molar-refractivity contribution in [1.29, 1.82) is 0 Å². The Morgan fingerprint density at radius 3 is 2.58 bits per heavy atom. The van der Waals surface area contributed by atoms with Crippen LogP contribution >= 0.6 is 12.2 Å². The summed E-state index contributed by atoms with van der Waals surface area (Å²) in [5, 5.41) is 3.49. The average Bonchev–Trinajstić information content (AvgIpc) is 2.78. The molecule has 5 nitrogen and oxygen atoms in total. The summed E-state index contributed by atoms with van der Waals surface area (Å²) in [6, 6.07) is 0. The van der Waals surface area contributed by atoms with Crippen LogP contribution in [-0.4, -0.2) is 52.9 Å². The predicted molar refractivity (Wildman–Crippen MR) is 97.5 cm³/mol. The van der Waals surface area contributed by atoms with Gasteiger partial charge < -0.3 is 10.2 Å². The fourth-order valence-corrected chi connectivity index (χ4v) is 4.81. The quantitative estimate of drug-likeness (QED) is 0.794. The fraction of sp³-hybridized carbons (Fsp3) is 0.833. The molecule has 0 bridgehead atoms. The molecule has 0 aromatic rings. The molecular weight excluding hydrogens is 322 g/mol. The van der Waals surface area contributed by atoms with Crippen LogP contribution in [0.15, 0.2) is 0 Å². The van der Waals surface area contributed by atoms with E-state index in [-0.39, 0.29) is 11.8 Å². The lowest BCUT2D eigenvalue weighted by Gasteiger charge is -2.36. The van der Waals surface area contributed by atoms with E-state index in [2.05, 4.69) is 5.32 Å². The molecule has 24 heavy (non-hydrogen) atoms. The number of hydrogen-bond donors (Lipinski definition) is 1. The summed E-state index contributed by atoms with van der Waals surface area (Å²) >= 11 is 5.18. The van der Waals surface area contributed by atoms with Gasteiger partial charge in [-0.05, 0) is 49.7 Å². The normalized spacial score (nSPS) is 24.7. The molecule has 2 saturated heterocycles. The Labute approximate surface area is 150 Å². The summed E-state index contributed by atoms with van der Waals surface area (Å²) in [4.78, 5) is 28.1. The van der Waals surface area contributed by atoms with E-state index in [9.17, 15) is 9.59 Å². The third-order valence-electron chi connectivity index (χ3n) is 6.02. The number of amides is 2. The summed E-state index contributed by atoms with van der Waals surface area (Å²) in [6.45, 7) is 2.77. The molecule has 3 rings (SSSR count). The van der Waals surface area contributed by atoms with Gasteiger partial charge in [0.2, 0.25) is 11.8 Å². The molecule has 1 spiro atoms. The molecule has 3 aliphatic rings. The van der Waals surface area contributed by atoms with E-state index < -0.39 is 0 Å². The highest BCUT2D eigenvalue weighted by atomic mass is 32.1. The second-order valence-electron chi connectivity index (χ2n) is 7.57. The number of thiocarbonyl (C=S) groups is 1. The molecule has 3 fully saturated rings. The zero-order valence-electron chi connectivity index (χ0n) is 14.5. The summed E-state index contributed by atoms with van der Waals surface area (Å²) in [5.74, 6) is 0.201. The lowest BCUT2D eigenvalue weighted by Crippen LogP contribution is -2.50. The number of nitrogens with zero attached hydrogens (tertiary/aromatic N) is 2. The first-order chi connectivity index (χ1) is 11.6. The van der Waals surface area contributed by atoms with Crippen LogP contribution in [0, 0.1) is 5.41 Å². The first-order valence-corrected chi connectivity index (χ1v) is 9.86. The van der Waals surface area contributed by atoms with Crippen molar-refractivity contribution in [3.8, 4) is 0 Å². The number of carbonyl (C=O) groups excluding carboxylic acids is 2. The van der Waals surface area contributed by atoms with Crippen molar-refractivity contribution in [2.45, 2.75) is 64.2 Å². The average molecular weight is 352 g/mol. The minimum Gasteiger partial charge on any atom is -0.362 e. The van der Waals surface area contributed by atoms with Gasteiger partial charge in [0.15, 0.2) is 5.11 Å². The van der Waals surface area contributed by atoms with Crippen LogP contribution in [0.4, 0.5) is 0 Å². The van der Waals surface area contributed by atoms with E-state index in [0.29, 0.717) is 36.5 Å². The van der Waals surface area contributed by atoms with Crippen LogP contribution in [0.3, 0.4) is 0 Å². The van der Waals surface area contributed by atoms with Crippen LogP contribution in [0.1, 0.15) is 64.2 Å². The Morgan fingerprint density at radius 2 is 1.83 bits per heavy atom. The van der Waals surface area contributed by atoms with Gasteiger partial charge in [0.25, 0.3) is 0 Å². The highest BCUT2D eigenvalue weighted by Crippen LogP contribution is 2.44. The lowest BCUT2D eigenvalue weighted by atomic mass is 9.69. The van der Waals surface area contributed by atoms with Crippen LogP contribution in [0.2, 0.25) is 0 Å². The van der Waals surface area contributed by atoms with Gasteiger partial charge >= 0.3 is 0 Å². The monoisotopic (exact) mass is 351 g/mol. The molecule has 2 heterocycles. The van der Waals surface area contributed by atoms with Crippen molar-refractivity contribution in [2.75, 3.05) is 26.2 Å². The molecule has 0 aromatic carbocycles. The molecule has 2 amide bonds. The third-order valence-corrected chi connectivity index (χ3v) is 6.39. The maximum atomic E-state index is 12.6. The molecule has 0 unspecified atom stereocenters. The molecule has 1 N–H and O–H groups in total. The molecule has 0 atom stereocenters. The maximum absolute atomic E-state index is 12.6. The van der Waals surface area contributed by atoms with E-state index in [1.54, 1.807) is 4.90 Å². The van der Waals surface area contributed by atoms with Gasteiger partial charge in [-0.3, -0.25) is 14.5 Å². The van der Waals surface area contributed by atoms with E-state index in [4.69, 9.17) is 12.2 Å². The fourth-order valence-electron chi connectivity index (χ4n) is 4.52. The SMILES string of the molecule is O=C(CCN1C(=O)CCNC1=S)N1CCCC2(CCCCC2)CC1. The first kappa shape index (κ1) is 17.6.